The van der Waals surface area contributed by atoms with E-state index in [0.29, 0.717) is 12.1 Å². The molecule has 2 heterocycles. The first kappa shape index (κ1) is 14.7. The Morgan fingerprint density at radius 2 is 2.13 bits per heavy atom. The molecule has 1 amide bonds. The Bertz CT molecular complexity index is 889. The summed E-state index contributed by atoms with van der Waals surface area (Å²) >= 11 is 0. The van der Waals surface area contributed by atoms with Gasteiger partial charge in [-0.1, -0.05) is 12.1 Å². The van der Waals surface area contributed by atoms with Crippen LogP contribution in [0.4, 0.5) is 0 Å². The Morgan fingerprint density at radius 1 is 1.30 bits per heavy atom. The van der Waals surface area contributed by atoms with Crippen molar-refractivity contribution >= 4 is 16.9 Å². The zero-order valence-corrected chi connectivity index (χ0v) is 12.7. The van der Waals surface area contributed by atoms with E-state index in [9.17, 15) is 4.79 Å². The van der Waals surface area contributed by atoms with Crippen LogP contribution in [0.15, 0.2) is 42.6 Å². The number of fused-ring (bicyclic) bond motifs is 1. The van der Waals surface area contributed by atoms with E-state index in [1.807, 2.05) is 37.3 Å². The van der Waals surface area contributed by atoms with Crippen molar-refractivity contribution in [1.82, 2.24) is 19.9 Å². The molecule has 1 aromatic carbocycles. The number of aromatic nitrogens is 3. The molecule has 3 aromatic rings. The van der Waals surface area contributed by atoms with E-state index in [2.05, 4.69) is 19.9 Å². The molecule has 114 valence electrons. The van der Waals surface area contributed by atoms with Gasteiger partial charge in [-0.15, -0.1) is 0 Å². The molecule has 0 saturated carbocycles. The maximum absolute atomic E-state index is 12.2. The van der Waals surface area contributed by atoms with Gasteiger partial charge in [-0.05, 0) is 31.2 Å². The molecule has 6 nitrogen and oxygen atoms in total. The molecule has 0 bridgehead atoms. The predicted molar refractivity (Wildman–Crippen MR) is 85.5 cm³/mol. The molecule has 0 atom stereocenters. The zero-order valence-electron chi connectivity index (χ0n) is 12.7. The van der Waals surface area contributed by atoms with Crippen LogP contribution in [-0.2, 0) is 13.1 Å². The second-order valence-electron chi connectivity index (χ2n) is 4.99. The third-order valence-corrected chi connectivity index (χ3v) is 3.60. The molecular weight excluding hydrogens is 290 g/mol. The summed E-state index contributed by atoms with van der Waals surface area (Å²) in [6, 6.07) is 12.9. The van der Waals surface area contributed by atoms with Crippen molar-refractivity contribution < 1.29 is 4.79 Å². The molecule has 0 aliphatic rings. The van der Waals surface area contributed by atoms with E-state index in [4.69, 9.17) is 5.26 Å². The standard InChI is InChI=1S/C17H15N5O/c1-2-22-15-6-4-3-5-14(15)21-16(22)11-20-17(23)12-7-8-13(9-18)19-10-12/h3-8,10H,2,11H2,1H3,(H,20,23). The van der Waals surface area contributed by atoms with Crippen molar-refractivity contribution in [3.8, 4) is 6.07 Å². The first-order valence-electron chi connectivity index (χ1n) is 7.31. The summed E-state index contributed by atoms with van der Waals surface area (Å²) in [5, 5.41) is 11.6. The molecule has 0 unspecified atom stereocenters. The number of para-hydroxylation sites is 2. The van der Waals surface area contributed by atoms with Gasteiger partial charge in [0, 0.05) is 12.7 Å². The predicted octanol–water partition coefficient (Wildman–Crippen LogP) is 2.25. The van der Waals surface area contributed by atoms with Crippen LogP contribution in [0.5, 0.6) is 0 Å². The number of nitriles is 1. The molecule has 2 aromatic heterocycles. The van der Waals surface area contributed by atoms with Crippen LogP contribution in [0.1, 0.15) is 28.8 Å². The molecule has 0 aliphatic carbocycles. The van der Waals surface area contributed by atoms with Gasteiger partial charge in [0.1, 0.15) is 17.6 Å². The summed E-state index contributed by atoms with van der Waals surface area (Å²) in [7, 11) is 0. The summed E-state index contributed by atoms with van der Waals surface area (Å²) in [6.45, 7) is 3.16. The second-order valence-corrected chi connectivity index (χ2v) is 4.99. The Kier molecular flexibility index (Phi) is 4.02. The number of aryl methyl sites for hydroxylation is 1. The lowest BCUT2D eigenvalue weighted by Gasteiger charge is -2.07. The van der Waals surface area contributed by atoms with Gasteiger partial charge < -0.3 is 9.88 Å². The molecule has 23 heavy (non-hydrogen) atoms. The number of benzene rings is 1. The van der Waals surface area contributed by atoms with E-state index in [-0.39, 0.29) is 11.6 Å². The first-order valence-corrected chi connectivity index (χ1v) is 7.31. The number of rotatable bonds is 4. The van der Waals surface area contributed by atoms with Crippen LogP contribution < -0.4 is 5.32 Å². The summed E-state index contributed by atoms with van der Waals surface area (Å²) in [4.78, 5) is 20.6. The van der Waals surface area contributed by atoms with Gasteiger partial charge in [0.2, 0.25) is 0 Å². The fourth-order valence-electron chi connectivity index (χ4n) is 2.47. The summed E-state index contributed by atoms with van der Waals surface area (Å²) in [5.41, 5.74) is 2.68. The van der Waals surface area contributed by atoms with Crippen molar-refractivity contribution in [3.05, 3.63) is 59.7 Å². The van der Waals surface area contributed by atoms with E-state index in [1.165, 1.54) is 12.3 Å². The number of pyridine rings is 1. The van der Waals surface area contributed by atoms with Gasteiger partial charge in [0.15, 0.2) is 0 Å². The zero-order chi connectivity index (χ0) is 16.2. The molecule has 6 heteroatoms. The monoisotopic (exact) mass is 305 g/mol. The van der Waals surface area contributed by atoms with E-state index in [1.54, 1.807) is 6.07 Å². The van der Waals surface area contributed by atoms with Crippen molar-refractivity contribution in [1.29, 1.82) is 5.26 Å². The minimum atomic E-state index is -0.239. The van der Waals surface area contributed by atoms with Gasteiger partial charge in [0.05, 0.1) is 23.1 Å². The van der Waals surface area contributed by atoms with Gasteiger partial charge in [-0.2, -0.15) is 5.26 Å². The average molecular weight is 305 g/mol. The van der Waals surface area contributed by atoms with Crippen LogP contribution in [0, 0.1) is 11.3 Å². The SMILES string of the molecule is CCn1c(CNC(=O)c2ccc(C#N)nc2)nc2ccccc21. The first-order chi connectivity index (χ1) is 11.2. The van der Waals surface area contributed by atoms with Gasteiger partial charge in [-0.25, -0.2) is 9.97 Å². The number of amides is 1. The maximum atomic E-state index is 12.2. The molecule has 0 spiro atoms. The molecule has 0 fully saturated rings. The van der Waals surface area contributed by atoms with E-state index >= 15 is 0 Å². The molecule has 1 N–H and O–H groups in total. The van der Waals surface area contributed by atoms with Crippen molar-refractivity contribution in [2.45, 2.75) is 20.0 Å². The summed E-state index contributed by atoms with van der Waals surface area (Å²) in [6.07, 6.45) is 1.40. The lowest BCUT2D eigenvalue weighted by molar-refractivity contribution is 0.0949. The van der Waals surface area contributed by atoms with Crippen LogP contribution in [-0.4, -0.2) is 20.4 Å². The Hall–Kier alpha value is -3.20. The van der Waals surface area contributed by atoms with Crippen LogP contribution in [0.25, 0.3) is 11.0 Å². The van der Waals surface area contributed by atoms with Crippen LogP contribution >= 0.6 is 0 Å². The highest BCUT2D eigenvalue weighted by molar-refractivity contribution is 5.93. The van der Waals surface area contributed by atoms with Gasteiger partial charge in [-0.3, -0.25) is 4.79 Å². The quantitative estimate of drug-likeness (QED) is 0.801. The minimum absolute atomic E-state index is 0.239. The summed E-state index contributed by atoms with van der Waals surface area (Å²) in [5.74, 6) is 0.570. The number of carbonyl (C=O) groups excluding carboxylic acids is 1. The second kappa shape index (κ2) is 6.28. The number of imidazole rings is 1. The fraction of sp³-hybridized carbons (Fsp3) is 0.176. The fourth-order valence-corrected chi connectivity index (χ4v) is 2.47. The molecular formula is C17H15N5O. The topological polar surface area (TPSA) is 83.6 Å². The Balaban J connectivity index is 1.77. The van der Waals surface area contributed by atoms with Crippen molar-refractivity contribution in [2.75, 3.05) is 0 Å². The van der Waals surface area contributed by atoms with Gasteiger partial charge >= 0.3 is 0 Å². The van der Waals surface area contributed by atoms with Gasteiger partial charge in [0.25, 0.3) is 5.91 Å². The smallest absolute Gasteiger partial charge is 0.253 e. The van der Waals surface area contributed by atoms with Crippen LogP contribution in [0.2, 0.25) is 0 Å². The molecule has 0 saturated heterocycles. The van der Waals surface area contributed by atoms with Crippen LogP contribution in [0.3, 0.4) is 0 Å². The molecule has 0 aliphatic heterocycles. The lowest BCUT2D eigenvalue weighted by Crippen LogP contribution is -2.24. The number of hydrogen-bond donors (Lipinski definition) is 1. The third kappa shape index (κ3) is 2.90. The molecule has 0 radical (unpaired) electrons. The highest BCUT2D eigenvalue weighted by atomic mass is 16.1. The Labute approximate surface area is 133 Å². The average Bonchev–Trinajstić information content (AvgIpc) is 2.97. The lowest BCUT2D eigenvalue weighted by atomic mass is 10.2. The highest BCUT2D eigenvalue weighted by Crippen LogP contribution is 2.15. The number of nitrogens with zero attached hydrogens (tertiary/aromatic N) is 4. The minimum Gasteiger partial charge on any atom is -0.345 e. The number of carbonyl (C=O) groups is 1. The van der Waals surface area contributed by atoms with Crippen molar-refractivity contribution in [3.63, 3.8) is 0 Å². The number of hydrogen-bond acceptors (Lipinski definition) is 4. The van der Waals surface area contributed by atoms with Crippen molar-refractivity contribution in [2.24, 2.45) is 0 Å². The Morgan fingerprint density at radius 3 is 2.83 bits per heavy atom. The van der Waals surface area contributed by atoms with E-state index in [0.717, 1.165) is 23.4 Å². The number of nitrogens with one attached hydrogen (secondary N) is 1. The third-order valence-electron chi connectivity index (χ3n) is 3.60. The normalized spacial score (nSPS) is 10.4. The van der Waals surface area contributed by atoms with E-state index < -0.39 is 0 Å². The summed E-state index contributed by atoms with van der Waals surface area (Å²) < 4.78 is 2.08. The maximum Gasteiger partial charge on any atom is 0.253 e. The highest BCUT2D eigenvalue weighted by Gasteiger charge is 2.11. The molecule has 3 rings (SSSR count). The largest absolute Gasteiger partial charge is 0.345 e.